The zero-order valence-corrected chi connectivity index (χ0v) is 10.4. The molecule has 1 aliphatic heterocycles. The molecule has 16 heavy (non-hydrogen) atoms. The number of nitrogens with zero attached hydrogens (tertiary/aromatic N) is 2. The van der Waals surface area contributed by atoms with E-state index in [9.17, 15) is 4.79 Å². The fraction of sp³-hybridized carbons (Fsp3) is 0.833. The minimum Gasteiger partial charge on any atom is -0.353 e. The molecule has 0 aromatic rings. The van der Waals surface area contributed by atoms with E-state index in [0.717, 1.165) is 13.1 Å². The summed E-state index contributed by atoms with van der Waals surface area (Å²) in [6.45, 7) is 8.28. The number of amides is 1. The van der Waals surface area contributed by atoms with Crippen molar-refractivity contribution in [2.75, 3.05) is 19.6 Å². The van der Waals surface area contributed by atoms with Crippen LogP contribution in [0.5, 0.6) is 0 Å². The number of nitrogens with one attached hydrogen (secondary N) is 1. The first-order valence-corrected chi connectivity index (χ1v) is 5.91. The molecule has 0 saturated carbocycles. The van der Waals surface area contributed by atoms with Crippen molar-refractivity contribution in [3.8, 4) is 6.07 Å². The quantitative estimate of drug-likeness (QED) is 0.777. The lowest BCUT2D eigenvalue weighted by molar-refractivity contribution is -0.127. The van der Waals surface area contributed by atoms with Crippen LogP contribution in [0.4, 0.5) is 0 Å². The van der Waals surface area contributed by atoms with E-state index in [1.165, 1.54) is 12.8 Å². The summed E-state index contributed by atoms with van der Waals surface area (Å²) >= 11 is 0. The minimum absolute atomic E-state index is 0.180. The molecule has 0 spiro atoms. The molecule has 4 nitrogen and oxygen atoms in total. The summed E-state index contributed by atoms with van der Waals surface area (Å²) < 4.78 is 0. The van der Waals surface area contributed by atoms with Gasteiger partial charge in [0.05, 0.1) is 6.07 Å². The minimum atomic E-state index is -0.926. The molecule has 0 aromatic heterocycles. The van der Waals surface area contributed by atoms with Gasteiger partial charge in [0, 0.05) is 12.6 Å². The van der Waals surface area contributed by atoms with E-state index in [4.69, 9.17) is 5.26 Å². The highest BCUT2D eigenvalue weighted by Gasteiger charge is 2.28. The molecule has 1 amide bonds. The Labute approximate surface area is 97.6 Å². The second kappa shape index (κ2) is 5.31. The molecule has 1 N–H and O–H groups in total. The van der Waals surface area contributed by atoms with Crippen LogP contribution < -0.4 is 5.32 Å². The van der Waals surface area contributed by atoms with Gasteiger partial charge in [0.15, 0.2) is 0 Å². The topological polar surface area (TPSA) is 56.1 Å². The largest absolute Gasteiger partial charge is 0.353 e. The second-order valence-corrected chi connectivity index (χ2v) is 5.04. The van der Waals surface area contributed by atoms with Crippen molar-refractivity contribution >= 4 is 5.91 Å². The zero-order chi connectivity index (χ0) is 12.2. The number of rotatable bonds is 4. The highest BCUT2D eigenvalue weighted by atomic mass is 16.2. The van der Waals surface area contributed by atoms with Crippen molar-refractivity contribution in [3.63, 3.8) is 0 Å². The molecule has 1 fully saturated rings. The van der Waals surface area contributed by atoms with Crippen LogP contribution in [-0.4, -0.2) is 36.5 Å². The highest BCUT2D eigenvalue weighted by molar-refractivity contribution is 5.84. The summed E-state index contributed by atoms with van der Waals surface area (Å²) in [5, 5.41) is 11.7. The van der Waals surface area contributed by atoms with Crippen molar-refractivity contribution in [2.45, 2.75) is 39.7 Å². The molecule has 1 rings (SSSR count). The van der Waals surface area contributed by atoms with E-state index in [1.54, 1.807) is 13.8 Å². The molecule has 1 saturated heterocycles. The van der Waals surface area contributed by atoms with Crippen LogP contribution in [0, 0.1) is 16.7 Å². The maximum absolute atomic E-state index is 11.7. The number of carbonyl (C=O) groups excluding carboxylic acids is 1. The predicted octanol–water partition coefficient (Wildman–Crippen LogP) is 1.14. The van der Waals surface area contributed by atoms with Crippen LogP contribution in [0.2, 0.25) is 0 Å². The van der Waals surface area contributed by atoms with Gasteiger partial charge in [-0.05, 0) is 46.7 Å². The summed E-state index contributed by atoms with van der Waals surface area (Å²) in [7, 11) is 0. The third kappa shape index (κ3) is 3.21. The third-order valence-electron chi connectivity index (χ3n) is 3.17. The Bertz CT molecular complexity index is 287. The van der Waals surface area contributed by atoms with Gasteiger partial charge in [0.2, 0.25) is 5.91 Å². The van der Waals surface area contributed by atoms with Gasteiger partial charge in [-0.25, -0.2) is 0 Å². The Morgan fingerprint density at radius 1 is 1.50 bits per heavy atom. The van der Waals surface area contributed by atoms with Crippen LogP contribution >= 0.6 is 0 Å². The second-order valence-electron chi connectivity index (χ2n) is 5.04. The lowest BCUT2D eigenvalue weighted by Gasteiger charge is -2.25. The average Bonchev–Trinajstić information content (AvgIpc) is 2.78. The van der Waals surface area contributed by atoms with E-state index >= 15 is 0 Å². The molecule has 0 radical (unpaired) electrons. The maximum atomic E-state index is 11.7. The van der Waals surface area contributed by atoms with Gasteiger partial charge in [0.25, 0.3) is 0 Å². The molecule has 1 aliphatic rings. The Morgan fingerprint density at radius 2 is 2.06 bits per heavy atom. The summed E-state index contributed by atoms with van der Waals surface area (Å²) in [5.41, 5.74) is -0.926. The van der Waals surface area contributed by atoms with Gasteiger partial charge in [-0.1, -0.05) is 0 Å². The Balaban J connectivity index is 2.34. The highest BCUT2D eigenvalue weighted by Crippen LogP contribution is 2.14. The van der Waals surface area contributed by atoms with Gasteiger partial charge >= 0.3 is 0 Å². The van der Waals surface area contributed by atoms with Crippen molar-refractivity contribution in [3.05, 3.63) is 0 Å². The molecule has 0 aromatic carbocycles. The third-order valence-corrected chi connectivity index (χ3v) is 3.17. The number of carbonyl (C=O) groups is 1. The molecule has 0 bridgehead atoms. The van der Waals surface area contributed by atoms with Crippen molar-refractivity contribution in [1.29, 1.82) is 5.26 Å². The maximum Gasteiger partial charge on any atom is 0.239 e. The average molecular weight is 223 g/mol. The molecule has 1 heterocycles. The van der Waals surface area contributed by atoms with Crippen LogP contribution in [0.15, 0.2) is 0 Å². The fourth-order valence-electron chi connectivity index (χ4n) is 1.82. The molecule has 0 aliphatic carbocycles. The van der Waals surface area contributed by atoms with E-state index in [2.05, 4.69) is 17.1 Å². The van der Waals surface area contributed by atoms with Gasteiger partial charge in [-0.2, -0.15) is 5.26 Å². The van der Waals surface area contributed by atoms with Crippen molar-refractivity contribution in [2.24, 2.45) is 5.41 Å². The smallest absolute Gasteiger partial charge is 0.239 e. The van der Waals surface area contributed by atoms with E-state index in [-0.39, 0.29) is 5.91 Å². The molecular formula is C12H21N3O. The molecule has 1 atom stereocenters. The van der Waals surface area contributed by atoms with E-state index in [1.807, 2.05) is 6.07 Å². The summed E-state index contributed by atoms with van der Waals surface area (Å²) in [4.78, 5) is 14.0. The lowest BCUT2D eigenvalue weighted by Crippen LogP contribution is -2.44. The van der Waals surface area contributed by atoms with Gasteiger partial charge in [0.1, 0.15) is 5.41 Å². The van der Waals surface area contributed by atoms with Gasteiger partial charge in [-0.3, -0.25) is 9.69 Å². The van der Waals surface area contributed by atoms with Crippen molar-refractivity contribution in [1.82, 2.24) is 10.2 Å². The van der Waals surface area contributed by atoms with Crippen molar-refractivity contribution < 1.29 is 4.79 Å². The van der Waals surface area contributed by atoms with Crippen LogP contribution in [0.25, 0.3) is 0 Å². The SMILES string of the molecule is CC(CNC(=O)C(C)(C)C#N)N1CCCC1. The first-order chi connectivity index (χ1) is 7.47. The summed E-state index contributed by atoms with van der Waals surface area (Å²) in [6.07, 6.45) is 2.50. The van der Waals surface area contributed by atoms with E-state index < -0.39 is 5.41 Å². The standard InChI is InChI=1S/C12H21N3O/c1-10(15-6-4-5-7-15)8-14-11(16)12(2,3)9-13/h10H,4-8H2,1-3H3,(H,14,16). The Morgan fingerprint density at radius 3 is 2.56 bits per heavy atom. The van der Waals surface area contributed by atoms with Crippen LogP contribution in [0.3, 0.4) is 0 Å². The zero-order valence-electron chi connectivity index (χ0n) is 10.4. The lowest BCUT2D eigenvalue weighted by atomic mass is 9.95. The van der Waals surface area contributed by atoms with Gasteiger partial charge < -0.3 is 5.32 Å². The Kier molecular flexibility index (Phi) is 4.31. The molecule has 4 heteroatoms. The van der Waals surface area contributed by atoms with Crippen LogP contribution in [-0.2, 0) is 4.79 Å². The van der Waals surface area contributed by atoms with Gasteiger partial charge in [-0.15, -0.1) is 0 Å². The number of hydrogen-bond donors (Lipinski definition) is 1. The monoisotopic (exact) mass is 223 g/mol. The predicted molar refractivity (Wildman–Crippen MR) is 62.7 cm³/mol. The molecule has 90 valence electrons. The number of likely N-dealkylation sites (tertiary alicyclic amines) is 1. The fourth-order valence-corrected chi connectivity index (χ4v) is 1.82. The van der Waals surface area contributed by atoms with Crippen LogP contribution in [0.1, 0.15) is 33.6 Å². The molecular weight excluding hydrogens is 202 g/mol. The number of hydrogen-bond acceptors (Lipinski definition) is 3. The first kappa shape index (κ1) is 13.0. The Hall–Kier alpha value is -1.08. The first-order valence-electron chi connectivity index (χ1n) is 5.91. The summed E-state index contributed by atoms with van der Waals surface area (Å²) in [5.74, 6) is -0.180. The normalized spacial score (nSPS) is 19.1. The number of nitriles is 1. The van der Waals surface area contributed by atoms with E-state index in [0.29, 0.717) is 12.6 Å². The molecule has 1 unspecified atom stereocenters. The summed E-state index contributed by atoms with van der Waals surface area (Å²) in [6, 6.07) is 2.37.